The van der Waals surface area contributed by atoms with Gasteiger partial charge < -0.3 is 4.90 Å². The van der Waals surface area contributed by atoms with E-state index in [-0.39, 0.29) is 5.91 Å². The Labute approximate surface area is 79.1 Å². The van der Waals surface area contributed by atoms with Crippen LogP contribution in [0.15, 0.2) is 17.1 Å². The van der Waals surface area contributed by atoms with Gasteiger partial charge in [0.1, 0.15) is 5.71 Å². The zero-order chi connectivity index (χ0) is 9.68. The predicted octanol–water partition coefficient (Wildman–Crippen LogP) is 1.26. The third-order valence-corrected chi connectivity index (χ3v) is 2.12. The molecule has 0 saturated carbocycles. The number of carbonyl (C=O) groups excluding carboxylic acids is 1. The zero-order valence-corrected chi connectivity index (χ0v) is 8.29. The van der Waals surface area contributed by atoms with Gasteiger partial charge in [-0.3, -0.25) is 9.79 Å². The van der Waals surface area contributed by atoms with Crippen LogP contribution < -0.4 is 0 Å². The average Bonchev–Trinajstić information content (AvgIpc) is 2.21. The summed E-state index contributed by atoms with van der Waals surface area (Å²) in [6.45, 7) is 6.21. The van der Waals surface area contributed by atoms with Crippen molar-refractivity contribution in [2.24, 2.45) is 4.99 Å². The maximum absolute atomic E-state index is 11.7. The molecule has 3 nitrogen and oxygen atoms in total. The Morgan fingerprint density at radius 2 is 2.23 bits per heavy atom. The van der Waals surface area contributed by atoms with E-state index in [1.165, 1.54) is 0 Å². The monoisotopic (exact) mass is 180 g/mol. The van der Waals surface area contributed by atoms with Crippen LogP contribution in [0.3, 0.4) is 0 Å². The summed E-state index contributed by atoms with van der Waals surface area (Å²) in [5.74, 6) is 0.0564. The minimum Gasteiger partial charge on any atom is -0.338 e. The highest BCUT2D eigenvalue weighted by Gasteiger charge is 2.15. The van der Waals surface area contributed by atoms with Crippen molar-refractivity contribution in [2.45, 2.75) is 20.3 Å². The maximum Gasteiger partial charge on any atom is 0.271 e. The Balaban J connectivity index is 2.65. The highest BCUT2D eigenvalue weighted by atomic mass is 16.2. The lowest BCUT2D eigenvalue weighted by atomic mass is 10.2. The van der Waals surface area contributed by atoms with Crippen LogP contribution in [0.5, 0.6) is 0 Å². The van der Waals surface area contributed by atoms with Gasteiger partial charge >= 0.3 is 0 Å². The number of nitrogens with zero attached hydrogens (tertiary/aromatic N) is 2. The van der Waals surface area contributed by atoms with E-state index in [0.717, 1.165) is 26.1 Å². The van der Waals surface area contributed by atoms with Crippen LogP contribution in [0.4, 0.5) is 0 Å². The first-order valence-corrected chi connectivity index (χ1v) is 4.79. The molecule has 3 heteroatoms. The van der Waals surface area contributed by atoms with Gasteiger partial charge in [0.25, 0.3) is 5.91 Å². The quantitative estimate of drug-likeness (QED) is 0.643. The summed E-state index contributed by atoms with van der Waals surface area (Å²) in [5.41, 5.74) is 0.606. The molecule has 0 N–H and O–H groups in total. The van der Waals surface area contributed by atoms with Gasteiger partial charge in [0.2, 0.25) is 0 Å². The van der Waals surface area contributed by atoms with Crippen molar-refractivity contribution >= 4 is 11.6 Å². The predicted molar refractivity (Wildman–Crippen MR) is 54.0 cm³/mol. The number of carbonyl (C=O) groups is 1. The highest BCUT2D eigenvalue weighted by Crippen LogP contribution is 2.00. The topological polar surface area (TPSA) is 32.7 Å². The van der Waals surface area contributed by atoms with Gasteiger partial charge in [-0.1, -0.05) is 6.08 Å². The Morgan fingerprint density at radius 1 is 1.54 bits per heavy atom. The lowest BCUT2D eigenvalue weighted by Gasteiger charge is -2.19. The molecule has 0 radical (unpaired) electrons. The Morgan fingerprint density at radius 3 is 2.69 bits per heavy atom. The van der Waals surface area contributed by atoms with Crippen molar-refractivity contribution in [3.8, 4) is 0 Å². The van der Waals surface area contributed by atoms with Crippen molar-refractivity contribution in [3.63, 3.8) is 0 Å². The number of hydrogen-bond donors (Lipinski definition) is 0. The molecule has 0 aromatic heterocycles. The molecule has 0 atom stereocenters. The van der Waals surface area contributed by atoms with Crippen molar-refractivity contribution in [3.05, 3.63) is 12.2 Å². The molecule has 0 bridgehead atoms. The number of hydrogen-bond acceptors (Lipinski definition) is 2. The van der Waals surface area contributed by atoms with E-state index < -0.39 is 0 Å². The first kappa shape index (κ1) is 9.96. The smallest absolute Gasteiger partial charge is 0.271 e. The van der Waals surface area contributed by atoms with E-state index in [1.807, 2.05) is 26.0 Å². The maximum atomic E-state index is 11.7. The summed E-state index contributed by atoms with van der Waals surface area (Å²) >= 11 is 0. The highest BCUT2D eigenvalue weighted by molar-refractivity contribution is 6.43. The molecule has 0 aromatic carbocycles. The van der Waals surface area contributed by atoms with E-state index in [4.69, 9.17) is 0 Å². The van der Waals surface area contributed by atoms with Gasteiger partial charge in [0.15, 0.2) is 0 Å². The van der Waals surface area contributed by atoms with Crippen LogP contribution in [0.1, 0.15) is 20.3 Å². The standard InChI is InChI=1S/C10H16N2O/c1-3-12(4-2)10(13)9-7-5-6-8-11-9/h5,7H,3-4,6,8H2,1-2H3. The minimum absolute atomic E-state index is 0.0564. The summed E-state index contributed by atoms with van der Waals surface area (Å²) in [6, 6.07) is 0. The van der Waals surface area contributed by atoms with Gasteiger partial charge in [-0.15, -0.1) is 0 Å². The molecule has 0 aromatic rings. The van der Waals surface area contributed by atoms with Crippen molar-refractivity contribution in [1.29, 1.82) is 0 Å². The fourth-order valence-electron chi connectivity index (χ4n) is 1.32. The van der Waals surface area contributed by atoms with Crippen LogP contribution in [-0.4, -0.2) is 36.2 Å². The minimum atomic E-state index is 0.0564. The molecule has 72 valence electrons. The van der Waals surface area contributed by atoms with E-state index >= 15 is 0 Å². The fraction of sp³-hybridized carbons (Fsp3) is 0.600. The SMILES string of the molecule is CCN(CC)C(=O)C1=NCCC=C1. The van der Waals surface area contributed by atoms with Crippen LogP contribution in [0, 0.1) is 0 Å². The molecular weight excluding hydrogens is 164 g/mol. The van der Waals surface area contributed by atoms with Gasteiger partial charge in [-0.2, -0.15) is 0 Å². The van der Waals surface area contributed by atoms with Crippen molar-refractivity contribution in [1.82, 2.24) is 4.90 Å². The van der Waals surface area contributed by atoms with E-state index in [0.29, 0.717) is 5.71 Å². The number of dihydropyridines is 1. The summed E-state index contributed by atoms with van der Waals surface area (Å²) in [6.07, 6.45) is 4.78. The van der Waals surface area contributed by atoms with Crippen LogP contribution in [-0.2, 0) is 4.79 Å². The molecule has 1 aliphatic rings. The van der Waals surface area contributed by atoms with E-state index in [2.05, 4.69) is 4.99 Å². The third-order valence-electron chi connectivity index (χ3n) is 2.12. The second kappa shape index (κ2) is 4.80. The third kappa shape index (κ3) is 2.41. The number of amides is 1. The number of aliphatic imine (C=N–C) groups is 1. The molecule has 0 fully saturated rings. The fourth-order valence-corrected chi connectivity index (χ4v) is 1.32. The lowest BCUT2D eigenvalue weighted by molar-refractivity contribution is -0.123. The van der Waals surface area contributed by atoms with Crippen molar-refractivity contribution < 1.29 is 4.79 Å². The first-order chi connectivity index (χ1) is 6.29. The van der Waals surface area contributed by atoms with E-state index in [1.54, 1.807) is 4.90 Å². The van der Waals surface area contributed by atoms with Crippen LogP contribution in [0.2, 0.25) is 0 Å². The molecule has 0 unspecified atom stereocenters. The molecule has 1 rings (SSSR count). The summed E-state index contributed by atoms with van der Waals surface area (Å²) in [7, 11) is 0. The molecule has 13 heavy (non-hydrogen) atoms. The van der Waals surface area contributed by atoms with Gasteiger partial charge in [0, 0.05) is 19.6 Å². The summed E-state index contributed by atoms with van der Waals surface area (Å²) < 4.78 is 0. The second-order valence-corrected chi connectivity index (χ2v) is 2.94. The van der Waals surface area contributed by atoms with Crippen LogP contribution >= 0.6 is 0 Å². The molecule has 0 saturated heterocycles. The van der Waals surface area contributed by atoms with Crippen molar-refractivity contribution in [2.75, 3.05) is 19.6 Å². The normalized spacial score (nSPS) is 15.4. The molecule has 1 aliphatic heterocycles. The Kier molecular flexibility index (Phi) is 3.68. The second-order valence-electron chi connectivity index (χ2n) is 2.94. The number of rotatable bonds is 3. The average molecular weight is 180 g/mol. The lowest BCUT2D eigenvalue weighted by Crippen LogP contribution is -2.36. The largest absolute Gasteiger partial charge is 0.338 e. The molecular formula is C10H16N2O. The summed E-state index contributed by atoms with van der Waals surface area (Å²) in [4.78, 5) is 17.7. The van der Waals surface area contributed by atoms with Gasteiger partial charge in [-0.25, -0.2) is 0 Å². The Bertz CT molecular complexity index is 239. The summed E-state index contributed by atoms with van der Waals surface area (Å²) in [5, 5.41) is 0. The molecule has 1 amide bonds. The van der Waals surface area contributed by atoms with Gasteiger partial charge in [-0.05, 0) is 26.3 Å². The zero-order valence-electron chi connectivity index (χ0n) is 8.29. The van der Waals surface area contributed by atoms with Gasteiger partial charge in [0.05, 0.1) is 0 Å². The Hall–Kier alpha value is -1.12. The van der Waals surface area contributed by atoms with Crippen LogP contribution in [0.25, 0.3) is 0 Å². The molecule has 0 spiro atoms. The first-order valence-electron chi connectivity index (χ1n) is 4.79. The molecule has 0 aliphatic carbocycles. The van der Waals surface area contributed by atoms with E-state index in [9.17, 15) is 4.79 Å². The molecule has 1 heterocycles.